The summed E-state index contributed by atoms with van der Waals surface area (Å²) in [5.74, 6) is -0.869. The van der Waals surface area contributed by atoms with E-state index in [1.54, 1.807) is 6.08 Å². The first-order valence-electron chi connectivity index (χ1n) is 7.30. The summed E-state index contributed by atoms with van der Waals surface area (Å²) in [4.78, 5) is 14.8. The Labute approximate surface area is 128 Å². The molecule has 110 valence electrons. The maximum Gasteiger partial charge on any atom is 0.331 e. The summed E-state index contributed by atoms with van der Waals surface area (Å²) in [6, 6.07) is 17.9. The Morgan fingerprint density at radius 2 is 1.77 bits per heavy atom. The molecule has 0 fully saturated rings. The summed E-state index contributed by atoms with van der Waals surface area (Å²) in [7, 11) is 0. The van der Waals surface area contributed by atoms with Crippen molar-refractivity contribution in [1.29, 1.82) is 0 Å². The topological polar surface area (TPSA) is 53.1 Å². The minimum Gasteiger partial charge on any atom is -0.478 e. The Morgan fingerprint density at radius 1 is 1.09 bits per heavy atom. The fraction of sp³-hybridized carbons (Fsp3) is 0.105. The molecule has 0 aliphatic rings. The molecule has 0 bridgehead atoms. The Kier molecular flexibility index (Phi) is 3.79. The van der Waals surface area contributed by atoms with Gasteiger partial charge in [0.15, 0.2) is 0 Å². The van der Waals surface area contributed by atoms with E-state index >= 15 is 0 Å². The number of hydrogen-bond acceptors (Lipinski definition) is 1. The Hall–Kier alpha value is -2.81. The standard InChI is InChI=1S/C19H17NO2/c1-2-13(19(21)22)12-16-15-10-6-7-11-17(15)20-18(16)14-8-4-3-5-9-14/h3-12,20H,2H2,1H3,(H,21,22)/b13-12+. The third-order valence-corrected chi connectivity index (χ3v) is 3.78. The van der Waals surface area contributed by atoms with Crippen molar-refractivity contribution >= 4 is 22.9 Å². The van der Waals surface area contributed by atoms with Crippen molar-refractivity contribution in [2.24, 2.45) is 0 Å². The van der Waals surface area contributed by atoms with Crippen LogP contribution in [0.15, 0.2) is 60.2 Å². The number of carboxylic acid groups (broad SMARTS) is 1. The van der Waals surface area contributed by atoms with Gasteiger partial charge in [-0.05, 0) is 24.1 Å². The number of benzene rings is 2. The number of aliphatic carboxylic acids is 1. The van der Waals surface area contributed by atoms with Gasteiger partial charge in [-0.1, -0.05) is 55.5 Å². The van der Waals surface area contributed by atoms with E-state index < -0.39 is 5.97 Å². The molecule has 2 N–H and O–H groups in total. The molecule has 3 nitrogen and oxygen atoms in total. The number of para-hydroxylation sites is 1. The van der Waals surface area contributed by atoms with E-state index in [4.69, 9.17) is 0 Å². The van der Waals surface area contributed by atoms with Crippen molar-refractivity contribution in [2.45, 2.75) is 13.3 Å². The number of H-pyrrole nitrogens is 1. The maximum absolute atomic E-state index is 11.4. The lowest BCUT2D eigenvalue weighted by atomic mass is 10.0. The van der Waals surface area contributed by atoms with Crippen LogP contribution in [0.5, 0.6) is 0 Å². The maximum atomic E-state index is 11.4. The molecule has 0 radical (unpaired) electrons. The highest BCUT2D eigenvalue weighted by molar-refractivity contribution is 6.01. The predicted molar refractivity (Wildman–Crippen MR) is 89.6 cm³/mol. The molecule has 0 aliphatic carbocycles. The summed E-state index contributed by atoms with van der Waals surface area (Å²) in [6.07, 6.45) is 2.27. The number of aromatic amines is 1. The van der Waals surface area contributed by atoms with Gasteiger partial charge in [0.05, 0.1) is 5.69 Å². The van der Waals surface area contributed by atoms with Crippen molar-refractivity contribution in [3.05, 3.63) is 65.7 Å². The van der Waals surface area contributed by atoms with Gasteiger partial charge in [0.1, 0.15) is 0 Å². The second-order valence-corrected chi connectivity index (χ2v) is 5.15. The number of hydrogen-bond donors (Lipinski definition) is 2. The molecule has 1 heterocycles. The van der Waals surface area contributed by atoms with Gasteiger partial charge in [0.2, 0.25) is 0 Å². The summed E-state index contributed by atoms with van der Waals surface area (Å²) < 4.78 is 0. The summed E-state index contributed by atoms with van der Waals surface area (Å²) >= 11 is 0. The molecule has 3 heteroatoms. The second kappa shape index (κ2) is 5.90. The zero-order valence-corrected chi connectivity index (χ0v) is 12.3. The highest BCUT2D eigenvalue weighted by Crippen LogP contribution is 2.32. The van der Waals surface area contributed by atoms with Gasteiger partial charge in [0.25, 0.3) is 0 Å². The van der Waals surface area contributed by atoms with Crippen LogP contribution in [-0.4, -0.2) is 16.1 Å². The monoisotopic (exact) mass is 291 g/mol. The van der Waals surface area contributed by atoms with Crippen LogP contribution in [0.3, 0.4) is 0 Å². The van der Waals surface area contributed by atoms with E-state index in [2.05, 4.69) is 4.98 Å². The molecule has 0 aliphatic heterocycles. The number of carboxylic acids is 1. The lowest BCUT2D eigenvalue weighted by molar-refractivity contribution is -0.132. The molecule has 22 heavy (non-hydrogen) atoms. The van der Waals surface area contributed by atoms with Crippen LogP contribution in [0.4, 0.5) is 0 Å². The molecule has 0 saturated carbocycles. The van der Waals surface area contributed by atoms with Crippen LogP contribution in [0.1, 0.15) is 18.9 Å². The van der Waals surface area contributed by atoms with Crippen molar-refractivity contribution in [3.8, 4) is 11.3 Å². The van der Waals surface area contributed by atoms with E-state index in [0.717, 1.165) is 27.7 Å². The van der Waals surface area contributed by atoms with E-state index in [-0.39, 0.29) is 0 Å². The van der Waals surface area contributed by atoms with Gasteiger partial charge in [-0.2, -0.15) is 0 Å². The molecule has 1 aromatic heterocycles. The number of aromatic nitrogens is 1. The average molecular weight is 291 g/mol. The van der Waals surface area contributed by atoms with E-state index in [9.17, 15) is 9.90 Å². The van der Waals surface area contributed by atoms with Crippen LogP contribution >= 0.6 is 0 Å². The SMILES string of the molecule is CC/C(=C\c1c(-c2ccccc2)[nH]c2ccccc12)C(=O)O. The van der Waals surface area contributed by atoms with Gasteiger partial charge >= 0.3 is 5.97 Å². The lowest BCUT2D eigenvalue weighted by Gasteiger charge is -2.03. The van der Waals surface area contributed by atoms with Crippen LogP contribution in [0.2, 0.25) is 0 Å². The molecule has 0 saturated heterocycles. The number of nitrogens with one attached hydrogen (secondary N) is 1. The fourth-order valence-corrected chi connectivity index (χ4v) is 2.64. The third kappa shape index (κ3) is 2.53. The van der Waals surface area contributed by atoms with Crippen molar-refractivity contribution in [3.63, 3.8) is 0 Å². The lowest BCUT2D eigenvalue weighted by Crippen LogP contribution is -1.98. The molecule has 0 spiro atoms. The number of rotatable bonds is 4. The third-order valence-electron chi connectivity index (χ3n) is 3.78. The zero-order chi connectivity index (χ0) is 15.5. The fourth-order valence-electron chi connectivity index (χ4n) is 2.64. The summed E-state index contributed by atoms with van der Waals surface area (Å²) in [5, 5.41) is 10.4. The number of carbonyl (C=O) groups is 1. The van der Waals surface area contributed by atoms with Crippen LogP contribution in [0.25, 0.3) is 28.2 Å². The Balaban J connectivity index is 2.29. The molecule has 3 rings (SSSR count). The first kappa shape index (κ1) is 14.1. The highest BCUT2D eigenvalue weighted by atomic mass is 16.4. The highest BCUT2D eigenvalue weighted by Gasteiger charge is 2.13. The summed E-state index contributed by atoms with van der Waals surface area (Å²) in [5.41, 5.74) is 4.34. The smallest absolute Gasteiger partial charge is 0.331 e. The largest absolute Gasteiger partial charge is 0.478 e. The van der Waals surface area contributed by atoms with Gasteiger partial charge < -0.3 is 10.1 Å². The molecule has 3 aromatic rings. The van der Waals surface area contributed by atoms with Gasteiger partial charge in [-0.25, -0.2) is 4.79 Å². The average Bonchev–Trinajstić information content (AvgIpc) is 2.91. The first-order chi connectivity index (χ1) is 10.7. The van der Waals surface area contributed by atoms with Crippen LogP contribution in [-0.2, 0) is 4.79 Å². The molecular weight excluding hydrogens is 274 g/mol. The molecular formula is C19H17NO2. The first-order valence-corrected chi connectivity index (χ1v) is 7.30. The Bertz CT molecular complexity index is 844. The quantitative estimate of drug-likeness (QED) is 0.684. The molecule has 0 atom stereocenters. The molecule has 0 amide bonds. The zero-order valence-electron chi connectivity index (χ0n) is 12.3. The minimum atomic E-state index is -0.869. The minimum absolute atomic E-state index is 0.405. The predicted octanol–water partition coefficient (Wildman–Crippen LogP) is 4.71. The van der Waals surface area contributed by atoms with E-state index in [0.29, 0.717) is 12.0 Å². The number of fused-ring (bicyclic) bond motifs is 1. The molecule has 0 unspecified atom stereocenters. The Morgan fingerprint density at radius 3 is 2.45 bits per heavy atom. The van der Waals surface area contributed by atoms with Gasteiger partial charge in [-0.3, -0.25) is 0 Å². The van der Waals surface area contributed by atoms with E-state index in [1.165, 1.54) is 0 Å². The molecule has 2 aromatic carbocycles. The summed E-state index contributed by atoms with van der Waals surface area (Å²) in [6.45, 7) is 1.86. The second-order valence-electron chi connectivity index (χ2n) is 5.15. The van der Waals surface area contributed by atoms with E-state index in [1.807, 2.05) is 61.5 Å². The van der Waals surface area contributed by atoms with Gasteiger partial charge in [-0.15, -0.1) is 0 Å². The van der Waals surface area contributed by atoms with Crippen molar-refractivity contribution in [1.82, 2.24) is 4.98 Å². The van der Waals surface area contributed by atoms with Crippen molar-refractivity contribution < 1.29 is 9.90 Å². The van der Waals surface area contributed by atoms with Crippen molar-refractivity contribution in [2.75, 3.05) is 0 Å². The normalized spacial score (nSPS) is 11.8. The van der Waals surface area contributed by atoms with Gasteiger partial charge in [0, 0.05) is 22.0 Å². The van der Waals surface area contributed by atoms with Crippen LogP contribution in [0, 0.1) is 0 Å². The van der Waals surface area contributed by atoms with Crippen LogP contribution < -0.4 is 0 Å².